The third kappa shape index (κ3) is 3.71. The minimum Gasteiger partial charge on any atom is -0.317 e. The van der Waals surface area contributed by atoms with Gasteiger partial charge in [-0.25, -0.2) is 18.7 Å². The lowest BCUT2D eigenvalue weighted by Crippen LogP contribution is -2.16. The fourth-order valence-electron chi connectivity index (χ4n) is 3.03. The average Bonchev–Trinajstić information content (AvgIpc) is 3.56. The van der Waals surface area contributed by atoms with Crippen LogP contribution < -0.4 is 5.32 Å². The van der Waals surface area contributed by atoms with E-state index in [-0.39, 0.29) is 11.6 Å². The molecule has 0 saturated heterocycles. The van der Waals surface area contributed by atoms with Crippen molar-refractivity contribution in [3.8, 4) is 22.1 Å². The molecule has 3 aromatic heterocycles. The molecule has 0 aliphatic rings. The molecular formula is C21H14FN7OS. The quantitative estimate of drug-likeness (QED) is 0.455. The van der Waals surface area contributed by atoms with Gasteiger partial charge < -0.3 is 5.32 Å². The summed E-state index contributed by atoms with van der Waals surface area (Å²) in [6.07, 6.45) is 3.24. The van der Waals surface area contributed by atoms with Crippen LogP contribution in [0.4, 0.5) is 10.1 Å². The van der Waals surface area contributed by atoms with Crippen molar-refractivity contribution < 1.29 is 9.18 Å². The molecule has 5 rings (SSSR count). The van der Waals surface area contributed by atoms with Crippen LogP contribution in [0.1, 0.15) is 10.6 Å². The van der Waals surface area contributed by atoms with Crippen LogP contribution in [0.3, 0.4) is 0 Å². The molecule has 31 heavy (non-hydrogen) atoms. The Balaban J connectivity index is 1.52. The Labute approximate surface area is 179 Å². The van der Waals surface area contributed by atoms with Gasteiger partial charge in [-0.2, -0.15) is 0 Å². The fraction of sp³-hybridized carbons (Fsp3) is 0. The minimum absolute atomic E-state index is 0.0129. The van der Waals surface area contributed by atoms with Crippen LogP contribution in [0.5, 0.6) is 0 Å². The second kappa shape index (κ2) is 7.92. The summed E-state index contributed by atoms with van der Waals surface area (Å²) in [7, 11) is 0. The predicted octanol–water partition coefficient (Wildman–Crippen LogP) is 3.97. The number of benzene rings is 2. The molecule has 0 aliphatic carbocycles. The summed E-state index contributed by atoms with van der Waals surface area (Å²) in [5, 5.41) is 16.9. The molecule has 0 bridgehead atoms. The molecule has 8 nitrogen and oxygen atoms in total. The van der Waals surface area contributed by atoms with Crippen molar-refractivity contribution in [2.45, 2.75) is 0 Å². The highest BCUT2D eigenvalue weighted by Gasteiger charge is 2.20. The van der Waals surface area contributed by atoms with Crippen LogP contribution in [0.15, 0.2) is 78.4 Å². The average molecular weight is 431 g/mol. The molecule has 0 saturated carbocycles. The summed E-state index contributed by atoms with van der Waals surface area (Å²) in [6, 6.07) is 16.8. The van der Waals surface area contributed by atoms with Crippen LogP contribution in [-0.4, -0.2) is 35.7 Å². The second-order valence-corrected chi connectivity index (χ2v) is 7.39. The van der Waals surface area contributed by atoms with Crippen molar-refractivity contribution in [3.63, 3.8) is 0 Å². The number of carbonyl (C=O) groups excluding carboxylic acids is 1. The van der Waals surface area contributed by atoms with Gasteiger partial charge in [0.05, 0.1) is 34.3 Å². The van der Waals surface area contributed by atoms with Crippen LogP contribution in [0.25, 0.3) is 22.1 Å². The maximum Gasteiger partial charge on any atom is 0.295 e. The number of aromatic nitrogens is 6. The lowest BCUT2D eigenvalue weighted by atomic mass is 10.2. The molecule has 3 heterocycles. The summed E-state index contributed by atoms with van der Waals surface area (Å²) in [6.45, 7) is 0. The number of anilines is 1. The molecule has 10 heteroatoms. The third-order valence-electron chi connectivity index (χ3n) is 4.44. The third-order valence-corrected chi connectivity index (χ3v) is 5.31. The molecule has 2 aromatic carbocycles. The monoisotopic (exact) mass is 431 g/mol. The fourth-order valence-corrected chi connectivity index (χ4v) is 3.73. The van der Waals surface area contributed by atoms with E-state index in [4.69, 9.17) is 0 Å². The Morgan fingerprint density at radius 1 is 1.03 bits per heavy atom. The highest BCUT2D eigenvalue weighted by Crippen LogP contribution is 2.26. The van der Waals surface area contributed by atoms with Gasteiger partial charge in [0.1, 0.15) is 5.82 Å². The van der Waals surface area contributed by atoms with E-state index in [1.54, 1.807) is 41.3 Å². The van der Waals surface area contributed by atoms with E-state index >= 15 is 0 Å². The largest absolute Gasteiger partial charge is 0.317 e. The highest BCUT2D eigenvalue weighted by atomic mass is 32.1. The van der Waals surface area contributed by atoms with Gasteiger partial charge in [-0.1, -0.05) is 23.4 Å². The van der Waals surface area contributed by atoms with Gasteiger partial charge in [0.25, 0.3) is 5.91 Å². The zero-order valence-electron chi connectivity index (χ0n) is 15.9. The van der Waals surface area contributed by atoms with Gasteiger partial charge >= 0.3 is 0 Å². The minimum atomic E-state index is -0.480. The second-order valence-electron chi connectivity index (χ2n) is 6.44. The molecule has 1 N–H and O–H groups in total. The number of para-hydroxylation sites is 2. The number of hydrogen-bond donors (Lipinski definition) is 1. The molecule has 0 atom stereocenters. The van der Waals surface area contributed by atoms with Gasteiger partial charge in [0.2, 0.25) is 5.82 Å². The van der Waals surface area contributed by atoms with Crippen molar-refractivity contribution in [1.82, 2.24) is 29.8 Å². The number of hydrogen-bond acceptors (Lipinski definition) is 6. The summed E-state index contributed by atoms with van der Waals surface area (Å²) < 4.78 is 16.5. The summed E-state index contributed by atoms with van der Waals surface area (Å²) >= 11 is 1.47. The first-order valence-electron chi connectivity index (χ1n) is 9.23. The topological polar surface area (TPSA) is 90.5 Å². The van der Waals surface area contributed by atoms with Crippen LogP contribution >= 0.6 is 11.3 Å². The number of rotatable bonds is 5. The maximum atomic E-state index is 13.4. The Hall–Kier alpha value is -4.18. The number of amides is 1. The van der Waals surface area contributed by atoms with E-state index in [9.17, 15) is 9.18 Å². The molecule has 0 radical (unpaired) electrons. The van der Waals surface area contributed by atoms with Gasteiger partial charge in [0.15, 0.2) is 5.82 Å². The summed E-state index contributed by atoms with van der Waals surface area (Å²) in [5.41, 5.74) is 1.79. The van der Waals surface area contributed by atoms with Crippen LogP contribution in [-0.2, 0) is 0 Å². The molecule has 1 amide bonds. The standard InChI is InChI=1S/C21H14FN7OS/c22-14-7-9-15(10-8-14)29-20(18-6-3-13-31-18)25-19(26-29)21(30)24-16-4-1-2-5-17(16)28-12-11-23-27-28/h1-13H,(H,24,30). The number of nitrogens with one attached hydrogen (secondary N) is 1. The smallest absolute Gasteiger partial charge is 0.295 e. The van der Waals surface area contributed by atoms with Gasteiger partial charge in [0, 0.05) is 0 Å². The number of nitrogens with zero attached hydrogens (tertiary/aromatic N) is 6. The van der Waals surface area contributed by atoms with Crippen LogP contribution in [0.2, 0.25) is 0 Å². The van der Waals surface area contributed by atoms with E-state index < -0.39 is 5.91 Å². The zero-order chi connectivity index (χ0) is 21.2. The first kappa shape index (κ1) is 18.8. The number of carbonyl (C=O) groups is 1. The molecular weight excluding hydrogens is 417 g/mol. The molecule has 152 valence electrons. The van der Waals surface area contributed by atoms with Crippen molar-refractivity contribution >= 4 is 22.9 Å². The lowest BCUT2D eigenvalue weighted by molar-refractivity contribution is 0.101. The lowest BCUT2D eigenvalue weighted by Gasteiger charge is -2.09. The molecule has 0 spiro atoms. The Bertz CT molecular complexity index is 1330. The molecule has 5 aromatic rings. The molecule has 0 unspecified atom stereocenters. The molecule has 0 fully saturated rings. The van der Waals surface area contributed by atoms with Gasteiger partial charge in [-0.05, 0) is 47.8 Å². The Morgan fingerprint density at radius 2 is 1.87 bits per heavy atom. The highest BCUT2D eigenvalue weighted by molar-refractivity contribution is 7.13. The first-order chi connectivity index (χ1) is 15.2. The SMILES string of the molecule is O=C(Nc1ccccc1-n1ccnn1)c1nc(-c2cccs2)n(-c2ccc(F)cc2)n1. The van der Waals surface area contributed by atoms with E-state index in [2.05, 4.69) is 25.7 Å². The van der Waals surface area contributed by atoms with Crippen molar-refractivity contribution in [2.75, 3.05) is 5.32 Å². The Morgan fingerprint density at radius 3 is 2.61 bits per heavy atom. The summed E-state index contributed by atoms with van der Waals surface area (Å²) in [4.78, 5) is 18.3. The van der Waals surface area contributed by atoms with Crippen molar-refractivity contribution in [3.05, 3.63) is 90.1 Å². The maximum absolute atomic E-state index is 13.4. The number of halogens is 1. The normalized spacial score (nSPS) is 10.9. The summed E-state index contributed by atoms with van der Waals surface area (Å²) in [5.74, 6) is -0.354. The predicted molar refractivity (Wildman–Crippen MR) is 114 cm³/mol. The first-order valence-corrected chi connectivity index (χ1v) is 10.1. The van der Waals surface area contributed by atoms with Crippen molar-refractivity contribution in [2.24, 2.45) is 0 Å². The van der Waals surface area contributed by atoms with E-state index in [0.717, 1.165) is 4.88 Å². The van der Waals surface area contributed by atoms with E-state index in [1.165, 1.54) is 28.2 Å². The molecule has 0 aliphatic heterocycles. The Kier molecular flexibility index (Phi) is 4.81. The van der Waals surface area contributed by atoms with Gasteiger partial charge in [-0.15, -0.1) is 21.5 Å². The van der Waals surface area contributed by atoms with Crippen molar-refractivity contribution in [1.29, 1.82) is 0 Å². The van der Waals surface area contributed by atoms with Gasteiger partial charge in [-0.3, -0.25) is 4.79 Å². The van der Waals surface area contributed by atoms with E-state index in [1.807, 2.05) is 29.6 Å². The van der Waals surface area contributed by atoms with E-state index in [0.29, 0.717) is 22.9 Å². The zero-order valence-corrected chi connectivity index (χ0v) is 16.7. The van der Waals surface area contributed by atoms with Crippen LogP contribution in [0, 0.1) is 5.82 Å². The number of thiophene rings is 1.